The molecule has 2 aromatic rings. The number of benzene rings is 1. The Bertz CT molecular complexity index is 772. The van der Waals surface area contributed by atoms with Gasteiger partial charge in [0, 0.05) is 23.7 Å². The van der Waals surface area contributed by atoms with Crippen molar-refractivity contribution in [3.63, 3.8) is 0 Å². The van der Waals surface area contributed by atoms with Gasteiger partial charge in [-0.25, -0.2) is 9.37 Å². The number of hydrogen-bond acceptors (Lipinski definition) is 6. The van der Waals surface area contributed by atoms with E-state index in [9.17, 15) is 14.5 Å². The Kier molecular flexibility index (Phi) is 4.26. The number of aromatic nitrogens is 1. The molecule has 7 nitrogen and oxygen atoms in total. The number of fused-ring (bicyclic) bond motifs is 1. The fraction of sp³-hybridized carbons (Fsp3) is 0.214. The van der Waals surface area contributed by atoms with Gasteiger partial charge in [-0.3, -0.25) is 10.1 Å². The average Bonchev–Trinajstić information content (AvgIpc) is 2.53. The van der Waals surface area contributed by atoms with E-state index in [1.807, 2.05) is 0 Å². The third kappa shape index (κ3) is 3.33. The van der Waals surface area contributed by atoms with E-state index in [1.165, 1.54) is 18.2 Å². The van der Waals surface area contributed by atoms with Gasteiger partial charge in [0.2, 0.25) is 0 Å². The van der Waals surface area contributed by atoms with Crippen LogP contribution in [0.15, 0.2) is 24.4 Å². The molecule has 1 aromatic carbocycles. The Morgan fingerprint density at radius 3 is 3.00 bits per heavy atom. The van der Waals surface area contributed by atoms with Crippen molar-refractivity contribution in [3.8, 4) is 5.75 Å². The number of nitro groups is 1. The molecular formula is C14H11ClFN3O4. The monoisotopic (exact) mass is 339 g/mol. The van der Waals surface area contributed by atoms with E-state index in [-0.39, 0.29) is 36.5 Å². The Hall–Kier alpha value is -2.45. The molecule has 0 atom stereocenters. The Labute approximate surface area is 135 Å². The van der Waals surface area contributed by atoms with Crippen LogP contribution in [0.3, 0.4) is 0 Å². The zero-order valence-corrected chi connectivity index (χ0v) is 12.5. The van der Waals surface area contributed by atoms with Gasteiger partial charge in [-0.05, 0) is 12.1 Å². The smallest absolute Gasteiger partial charge is 0.289 e. The summed E-state index contributed by atoms with van der Waals surface area (Å²) in [4.78, 5) is 14.0. The zero-order valence-electron chi connectivity index (χ0n) is 11.7. The SMILES string of the molecule is O=[N+]([O-])c1cnc(NCc2cc(F)cc3c2OCOC3)c(Cl)c1. The van der Waals surface area contributed by atoms with E-state index in [1.54, 1.807) is 0 Å². The van der Waals surface area contributed by atoms with Gasteiger partial charge in [-0.2, -0.15) is 0 Å². The average molecular weight is 340 g/mol. The fourth-order valence-electron chi connectivity index (χ4n) is 2.22. The van der Waals surface area contributed by atoms with Crippen LogP contribution in [0.1, 0.15) is 11.1 Å². The van der Waals surface area contributed by atoms with Crippen LogP contribution in [0, 0.1) is 15.9 Å². The second-order valence-electron chi connectivity index (χ2n) is 4.80. The first-order valence-corrected chi connectivity index (χ1v) is 6.98. The summed E-state index contributed by atoms with van der Waals surface area (Å²) in [5.74, 6) is 0.419. The molecule has 23 heavy (non-hydrogen) atoms. The van der Waals surface area contributed by atoms with Crippen molar-refractivity contribution in [2.24, 2.45) is 0 Å². The molecule has 0 spiro atoms. The van der Waals surface area contributed by atoms with Gasteiger partial charge < -0.3 is 14.8 Å². The molecule has 3 rings (SSSR count). The number of nitrogens with one attached hydrogen (secondary N) is 1. The van der Waals surface area contributed by atoms with E-state index < -0.39 is 10.7 Å². The molecule has 0 amide bonds. The third-order valence-electron chi connectivity index (χ3n) is 3.24. The molecule has 0 bridgehead atoms. The van der Waals surface area contributed by atoms with Gasteiger partial charge in [0.15, 0.2) is 6.79 Å². The maximum absolute atomic E-state index is 13.6. The molecule has 0 saturated heterocycles. The highest BCUT2D eigenvalue weighted by Gasteiger charge is 2.17. The maximum Gasteiger partial charge on any atom is 0.289 e. The van der Waals surface area contributed by atoms with E-state index in [2.05, 4.69) is 10.3 Å². The van der Waals surface area contributed by atoms with Gasteiger partial charge in [0.25, 0.3) is 5.69 Å². The van der Waals surface area contributed by atoms with Crippen molar-refractivity contribution in [2.45, 2.75) is 13.2 Å². The summed E-state index contributed by atoms with van der Waals surface area (Å²) < 4.78 is 24.2. The first-order chi connectivity index (χ1) is 11.0. The number of nitrogens with zero attached hydrogens (tertiary/aromatic N) is 2. The predicted molar refractivity (Wildman–Crippen MR) is 79.9 cm³/mol. The van der Waals surface area contributed by atoms with E-state index >= 15 is 0 Å². The number of ether oxygens (including phenoxy) is 2. The molecule has 1 aliphatic rings. The first kappa shape index (κ1) is 15.4. The Morgan fingerprint density at radius 2 is 2.26 bits per heavy atom. The molecule has 9 heteroatoms. The Morgan fingerprint density at radius 1 is 1.43 bits per heavy atom. The van der Waals surface area contributed by atoms with Crippen molar-refractivity contribution >= 4 is 23.1 Å². The number of hydrogen-bond donors (Lipinski definition) is 1. The largest absolute Gasteiger partial charge is 0.467 e. The lowest BCUT2D eigenvalue weighted by atomic mass is 10.1. The van der Waals surface area contributed by atoms with Crippen LogP contribution in [0.5, 0.6) is 5.75 Å². The van der Waals surface area contributed by atoms with E-state index in [4.69, 9.17) is 21.1 Å². The highest BCUT2D eigenvalue weighted by atomic mass is 35.5. The summed E-state index contributed by atoms with van der Waals surface area (Å²) in [7, 11) is 0. The standard InChI is InChI=1S/C14H11ClFN3O4/c15-12-3-11(19(20)21)5-18-14(12)17-4-8-1-10(16)2-9-6-22-7-23-13(8)9/h1-3,5H,4,6-7H2,(H,17,18). The molecule has 1 aliphatic heterocycles. The van der Waals surface area contributed by atoms with Gasteiger partial charge in [0.05, 0.1) is 16.6 Å². The molecule has 0 radical (unpaired) electrons. The molecule has 0 unspecified atom stereocenters. The van der Waals surface area contributed by atoms with Crippen molar-refractivity contribution in [2.75, 3.05) is 12.1 Å². The van der Waals surface area contributed by atoms with Crippen LogP contribution in [-0.2, 0) is 17.9 Å². The van der Waals surface area contributed by atoms with Gasteiger partial charge in [-0.15, -0.1) is 0 Å². The molecule has 0 aliphatic carbocycles. The number of anilines is 1. The summed E-state index contributed by atoms with van der Waals surface area (Å²) in [6, 6.07) is 3.90. The van der Waals surface area contributed by atoms with Crippen LogP contribution >= 0.6 is 11.6 Å². The topological polar surface area (TPSA) is 86.5 Å². The van der Waals surface area contributed by atoms with Crippen molar-refractivity contribution < 1.29 is 18.8 Å². The zero-order chi connectivity index (χ0) is 16.4. The quantitative estimate of drug-likeness (QED) is 0.679. The van der Waals surface area contributed by atoms with Gasteiger partial charge in [0.1, 0.15) is 23.6 Å². The molecule has 120 valence electrons. The molecule has 1 aromatic heterocycles. The highest BCUT2D eigenvalue weighted by molar-refractivity contribution is 6.33. The minimum Gasteiger partial charge on any atom is -0.467 e. The molecule has 2 heterocycles. The van der Waals surface area contributed by atoms with Crippen molar-refractivity contribution in [1.29, 1.82) is 0 Å². The third-order valence-corrected chi connectivity index (χ3v) is 3.52. The van der Waals surface area contributed by atoms with Crippen LogP contribution < -0.4 is 10.1 Å². The predicted octanol–water partition coefficient (Wildman–Crippen LogP) is 3.26. The minimum atomic E-state index is -0.584. The normalized spacial score (nSPS) is 13.1. The number of pyridine rings is 1. The van der Waals surface area contributed by atoms with Crippen molar-refractivity contribution in [3.05, 3.63) is 56.5 Å². The second-order valence-corrected chi connectivity index (χ2v) is 5.21. The molecule has 0 saturated carbocycles. The Balaban J connectivity index is 1.81. The maximum atomic E-state index is 13.6. The number of halogens is 2. The molecule has 0 fully saturated rings. The molecular weight excluding hydrogens is 329 g/mol. The lowest BCUT2D eigenvalue weighted by molar-refractivity contribution is -0.385. The lowest BCUT2D eigenvalue weighted by Crippen LogP contribution is -2.15. The van der Waals surface area contributed by atoms with Crippen LogP contribution in [0.4, 0.5) is 15.9 Å². The van der Waals surface area contributed by atoms with Crippen LogP contribution in [0.2, 0.25) is 5.02 Å². The highest BCUT2D eigenvalue weighted by Crippen LogP contribution is 2.31. The summed E-state index contributed by atoms with van der Waals surface area (Å²) >= 11 is 5.96. The van der Waals surface area contributed by atoms with Gasteiger partial charge in [-0.1, -0.05) is 11.6 Å². The van der Waals surface area contributed by atoms with Crippen molar-refractivity contribution in [1.82, 2.24) is 4.98 Å². The molecule has 1 N–H and O–H groups in total. The summed E-state index contributed by atoms with van der Waals surface area (Å²) in [5, 5.41) is 13.7. The summed E-state index contributed by atoms with van der Waals surface area (Å²) in [5.41, 5.74) is 1.000. The summed E-state index contributed by atoms with van der Waals surface area (Å²) in [6.07, 6.45) is 1.10. The minimum absolute atomic E-state index is 0.0994. The lowest BCUT2D eigenvalue weighted by Gasteiger charge is -2.21. The second kappa shape index (κ2) is 6.35. The fourth-order valence-corrected chi connectivity index (χ4v) is 2.45. The van der Waals surface area contributed by atoms with Gasteiger partial charge >= 0.3 is 0 Å². The number of rotatable bonds is 4. The van der Waals surface area contributed by atoms with Crippen LogP contribution in [-0.4, -0.2) is 16.7 Å². The van der Waals surface area contributed by atoms with E-state index in [0.29, 0.717) is 16.9 Å². The van der Waals surface area contributed by atoms with Crippen LogP contribution in [0.25, 0.3) is 0 Å². The van der Waals surface area contributed by atoms with E-state index in [0.717, 1.165) is 6.20 Å². The first-order valence-electron chi connectivity index (χ1n) is 6.60. The summed E-state index contributed by atoms with van der Waals surface area (Å²) in [6.45, 7) is 0.573.